The molecule has 1 aromatic carbocycles. The van der Waals surface area contributed by atoms with E-state index in [4.69, 9.17) is 5.73 Å². The van der Waals surface area contributed by atoms with Crippen molar-refractivity contribution in [3.63, 3.8) is 0 Å². The summed E-state index contributed by atoms with van der Waals surface area (Å²) in [7, 11) is 0. The van der Waals surface area contributed by atoms with Crippen LogP contribution in [0.4, 0.5) is 0 Å². The number of carbonyl (C=O) groups excluding carboxylic acids is 1. The molecule has 1 heterocycles. The highest BCUT2D eigenvalue weighted by atomic mass is 16.2. The maximum Gasteiger partial charge on any atom is 0.236 e. The Morgan fingerprint density at radius 1 is 1.40 bits per heavy atom. The fourth-order valence-electron chi connectivity index (χ4n) is 3.04. The summed E-state index contributed by atoms with van der Waals surface area (Å²) in [5.41, 5.74) is 6.86. The zero-order valence-corrected chi connectivity index (χ0v) is 12.5. The lowest BCUT2D eigenvalue weighted by atomic mass is 10.1. The molecule has 0 aromatic heterocycles. The lowest BCUT2D eigenvalue weighted by Crippen LogP contribution is -2.48. The highest BCUT2D eigenvalue weighted by Gasteiger charge is 2.31. The monoisotopic (exact) mass is 275 g/mol. The molecule has 1 atom stereocenters. The third kappa shape index (κ3) is 3.58. The Labute approximate surface area is 121 Å². The third-order valence-electron chi connectivity index (χ3n) is 3.91. The van der Waals surface area contributed by atoms with E-state index in [-0.39, 0.29) is 18.5 Å². The van der Waals surface area contributed by atoms with Crippen LogP contribution in [0.1, 0.15) is 25.8 Å². The zero-order valence-electron chi connectivity index (χ0n) is 12.5. The predicted octanol–water partition coefficient (Wildman–Crippen LogP) is 1.46. The van der Waals surface area contributed by atoms with E-state index in [1.807, 2.05) is 11.0 Å². The van der Waals surface area contributed by atoms with Gasteiger partial charge in [-0.05, 0) is 25.8 Å². The third-order valence-corrected chi connectivity index (χ3v) is 3.91. The van der Waals surface area contributed by atoms with Crippen LogP contribution in [0.25, 0.3) is 0 Å². The molecular formula is C16H25N3O. The number of nitrogens with two attached hydrogens (primary N) is 1. The van der Waals surface area contributed by atoms with Gasteiger partial charge < -0.3 is 10.6 Å². The average molecular weight is 275 g/mol. The van der Waals surface area contributed by atoms with Gasteiger partial charge in [0.05, 0.1) is 6.54 Å². The molecule has 0 spiro atoms. The summed E-state index contributed by atoms with van der Waals surface area (Å²) < 4.78 is 0. The standard InChI is InChI=1S/C16H25N3O/c1-13(2)19(16(20)10-17)15-8-9-18(12-15)11-14-6-4-3-5-7-14/h3-7,13,15H,8-12,17H2,1-2H3/t15-/m1/s1. The van der Waals surface area contributed by atoms with Gasteiger partial charge in [0.25, 0.3) is 0 Å². The van der Waals surface area contributed by atoms with Gasteiger partial charge in [-0.3, -0.25) is 9.69 Å². The Bertz CT molecular complexity index is 433. The molecule has 20 heavy (non-hydrogen) atoms. The van der Waals surface area contributed by atoms with E-state index in [1.165, 1.54) is 5.56 Å². The van der Waals surface area contributed by atoms with Crippen molar-refractivity contribution in [2.75, 3.05) is 19.6 Å². The molecule has 2 rings (SSSR count). The number of amides is 1. The first-order chi connectivity index (χ1) is 9.61. The molecule has 2 N–H and O–H groups in total. The number of likely N-dealkylation sites (tertiary alicyclic amines) is 1. The van der Waals surface area contributed by atoms with Crippen molar-refractivity contribution in [1.82, 2.24) is 9.80 Å². The molecule has 110 valence electrons. The molecule has 0 unspecified atom stereocenters. The molecule has 4 heteroatoms. The summed E-state index contributed by atoms with van der Waals surface area (Å²) in [6.45, 7) is 7.17. The number of hydrogen-bond acceptors (Lipinski definition) is 3. The van der Waals surface area contributed by atoms with Crippen molar-refractivity contribution in [3.05, 3.63) is 35.9 Å². The minimum Gasteiger partial charge on any atom is -0.335 e. The first kappa shape index (κ1) is 15.0. The number of rotatable bonds is 5. The number of hydrogen-bond donors (Lipinski definition) is 1. The minimum atomic E-state index is 0.0616. The van der Waals surface area contributed by atoms with Gasteiger partial charge in [-0.2, -0.15) is 0 Å². The maximum absolute atomic E-state index is 12.0. The largest absolute Gasteiger partial charge is 0.335 e. The quantitative estimate of drug-likeness (QED) is 0.885. The van der Waals surface area contributed by atoms with Crippen LogP contribution in [-0.4, -0.2) is 47.4 Å². The smallest absolute Gasteiger partial charge is 0.236 e. The summed E-state index contributed by atoms with van der Waals surface area (Å²) in [5, 5.41) is 0. The van der Waals surface area contributed by atoms with Crippen LogP contribution in [-0.2, 0) is 11.3 Å². The number of benzene rings is 1. The van der Waals surface area contributed by atoms with Crippen molar-refractivity contribution >= 4 is 5.91 Å². The molecule has 0 radical (unpaired) electrons. The van der Waals surface area contributed by atoms with Crippen molar-refractivity contribution in [2.45, 2.75) is 38.9 Å². The Balaban J connectivity index is 1.95. The van der Waals surface area contributed by atoms with Gasteiger partial charge in [-0.15, -0.1) is 0 Å². The Hall–Kier alpha value is -1.39. The van der Waals surface area contributed by atoms with Gasteiger partial charge in [-0.25, -0.2) is 0 Å². The summed E-state index contributed by atoms with van der Waals surface area (Å²) >= 11 is 0. The molecule has 1 saturated heterocycles. The summed E-state index contributed by atoms with van der Waals surface area (Å²) in [5.74, 6) is 0.0616. The van der Waals surface area contributed by atoms with Crippen LogP contribution in [0.2, 0.25) is 0 Å². The SMILES string of the molecule is CC(C)N(C(=O)CN)[C@@H]1CCN(Cc2ccccc2)C1. The van der Waals surface area contributed by atoms with Crippen molar-refractivity contribution in [3.8, 4) is 0 Å². The van der Waals surface area contributed by atoms with Crippen molar-refractivity contribution < 1.29 is 4.79 Å². The average Bonchev–Trinajstić information content (AvgIpc) is 2.87. The van der Waals surface area contributed by atoms with Gasteiger partial charge in [0.1, 0.15) is 0 Å². The predicted molar refractivity (Wildman–Crippen MR) is 81.2 cm³/mol. The molecule has 1 aromatic rings. The van der Waals surface area contributed by atoms with Gasteiger partial charge in [-0.1, -0.05) is 30.3 Å². The normalized spacial score (nSPS) is 19.5. The van der Waals surface area contributed by atoms with E-state index >= 15 is 0 Å². The van der Waals surface area contributed by atoms with Gasteiger partial charge >= 0.3 is 0 Å². The summed E-state index contributed by atoms with van der Waals surface area (Å²) in [4.78, 5) is 16.4. The first-order valence-corrected chi connectivity index (χ1v) is 7.39. The first-order valence-electron chi connectivity index (χ1n) is 7.39. The van der Waals surface area contributed by atoms with Crippen LogP contribution < -0.4 is 5.73 Å². The van der Waals surface area contributed by atoms with E-state index < -0.39 is 0 Å². The van der Waals surface area contributed by atoms with Crippen LogP contribution in [0.3, 0.4) is 0 Å². The van der Waals surface area contributed by atoms with E-state index in [0.717, 1.165) is 26.1 Å². The van der Waals surface area contributed by atoms with Gasteiger partial charge in [0.15, 0.2) is 0 Å². The lowest BCUT2D eigenvalue weighted by molar-refractivity contribution is -0.133. The molecule has 4 nitrogen and oxygen atoms in total. The lowest BCUT2D eigenvalue weighted by Gasteiger charge is -2.32. The molecule has 1 fully saturated rings. The van der Waals surface area contributed by atoms with Gasteiger partial charge in [0.2, 0.25) is 5.91 Å². The highest BCUT2D eigenvalue weighted by Crippen LogP contribution is 2.20. The molecule has 0 saturated carbocycles. The maximum atomic E-state index is 12.0. The van der Waals surface area contributed by atoms with E-state index in [1.54, 1.807) is 0 Å². The molecular weight excluding hydrogens is 250 g/mol. The van der Waals surface area contributed by atoms with Crippen molar-refractivity contribution in [2.24, 2.45) is 5.73 Å². The van der Waals surface area contributed by atoms with Crippen molar-refractivity contribution in [1.29, 1.82) is 0 Å². The van der Waals surface area contributed by atoms with Gasteiger partial charge in [0, 0.05) is 31.7 Å². The number of carbonyl (C=O) groups is 1. The second-order valence-electron chi connectivity index (χ2n) is 5.76. The molecule has 1 aliphatic heterocycles. The fourth-order valence-corrected chi connectivity index (χ4v) is 3.04. The topological polar surface area (TPSA) is 49.6 Å². The van der Waals surface area contributed by atoms with Crippen LogP contribution in [0.15, 0.2) is 30.3 Å². The van der Waals surface area contributed by atoms with E-state index in [9.17, 15) is 4.79 Å². The Morgan fingerprint density at radius 2 is 2.10 bits per heavy atom. The Morgan fingerprint density at radius 3 is 2.70 bits per heavy atom. The molecule has 1 amide bonds. The zero-order chi connectivity index (χ0) is 14.5. The minimum absolute atomic E-state index is 0.0616. The van der Waals surface area contributed by atoms with Crippen LogP contribution in [0.5, 0.6) is 0 Å². The second-order valence-corrected chi connectivity index (χ2v) is 5.76. The second kappa shape index (κ2) is 6.86. The highest BCUT2D eigenvalue weighted by molar-refractivity contribution is 5.78. The molecule has 1 aliphatic rings. The van der Waals surface area contributed by atoms with E-state index in [2.05, 4.69) is 43.0 Å². The van der Waals surface area contributed by atoms with E-state index in [0.29, 0.717) is 6.04 Å². The summed E-state index contributed by atoms with van der Waals surface area (Å²) in [6, 6.07) is 11.0. The van der Waals surface area contributed by atoms with Crippen LogP contribution in [0, 0.1) is 0 Å². The molecule has 0 aliphatic carbocycles. The fraction of sp³-hybridized carbons (Fsp3) is 0.562. The summed E-state index contributed by atoms with van der Waals surface area (Å²) in [6.07, 6.45) is 1.04. The number of nitrogens with zero attached hydrogens (tertiary/aromatic N) is 2. The Kier molecular flexibility index (Phi) is 5.15. The van der Waals surface area contributed by atoms with Crippen LogP contribution >= 0.6 is 0 Å². The molecule has 0 bridgehead atoms.